The number of carbonyl (C=O) groups is 1. The average Bonchev–Trinajstić information content (AvgIpc) is 3.19. The predicted molar refractivity (Wildman–Crippen MR) is 81.2 cm³/mol. The molecule has 5 nitrogen and oxygen atoms in total. The lowest BCUT2D eigenvalue weighted by atomic mass is 10.2. The molecule has 3 aromatic heterocycles. The van der Waals surface area contributed by atoms with Gasteiger partial charge in [-0.25, -0.2) is 9.67 Å². The third kappa shape index (κ3) is 3.55. The van der Waals surface area contributed by atoms with Crippen molar-refractivity contribution in [1.82, 2.24) is 20.1 Å². The summed E-state index contributed by atoms with van der Waals surface area (Å²) in [7, 11) is 0. The highest BCUT2D eigenvalue weighted by Crippen LogP contribution is 2.09. The van der Waals surface area contributed by atoms with Gasteiger partial charge in [0.2, 0.25) is 5.91 Å². The number of hydrogen-bond acceptors (Lipinski definition) is 4. The number of nitrogens with zero attached hydrogens (tertiary/aromatic N) is 3. The van der Waals surface area contributed by atoms with Crippen molar-refractivity contribution in [2.75, 3.05) is 0 Å². The fourth-order valence-corrected chi connectivity index (χ4v) is 2.64. The Morgan fingerprint density at radius 1 is 1.29 bits per heavy atom. The van der Waals surface area contributed by atoms with Crippen LogP contribution in [0.3, 0.4) is 0 Å². The fraction of sp³-hybridized carbons (Fsp3) is 0.133. The molecular weight excluding hydrogens is 284 g/mol. The summed E-state index contributed by atoms with van der Waals surface area (Å²) in [5, 5.41) is 9.04. The molecule has 3 rings (SSSR count). The molecule has 21 heavy (non-hydrogen) atoms. The molecule has 0 aliphatic carbocycles. The van der Waals surface area contributed by atoms with E-state index in [1.165, 1.54) is 0 Å². The van der Waals surface area contributed by atoms with Crippen molar-refractivity contribution in [3.05, 3.63) is 64.7 Å². The van der Waals surface area contributed by atoms with Crippen LogP contribution in [-0.4, -0.2) is 20.7 Å². The first-order chi connectivity index (χ1) is 10.3. The van der Waals surface area contributed by atoms with Crippen molar-refractivity contribution in [2.45, 2.75) is 13.0 Å². The van der Waals surface area contributed by atoms with Gasteiger partial charge in [-0.15, -0.1) is 11.3 Å². The molecule has 1 amide bonds. The van der Waals surface area contributed by atoms with Crippen molar-refractivity contribution in [3.8, 4) is 5.82 Å². The topological polar surface area (TPSA) is 59.8 Å². The van der Waals surface area contributed by atoms with Gasteiger partial charge in [0.1, 0.15) is 0 Å². The molecule has 0 saturated heterocycles. The number of rotatable bonds is 5. The maximum atomic E-state index is 11.9. The van der Waals surface area contributed by atoms with Crippen LogP contribution in [0.2, 0.25) is 0 Å². The minimum atomic E-state index is 0.0231. The van der Waals surface area contributed by atoms with Crippen LogP contribution in [0.5, 0.6) is 0 Å². The number of aromatic nitrogens is 3. The summed E-state index contributed by atoms with van der Waals surface area (Å²) in [6.07, 6.45) is 5.69. The lowest BCUT2D eigenvalue weighted by molar-refractivity contribution is -0.120. The molecule has 0 radical (unpaired) electrons. The van der Waals surface area contributed by atoms with E-state index in [1.807, 2.05) is 41.9 Å². The maximum Gasteiger partial charge on any atom is 0.225 e. The van der Waals surface area contributed by atoms with E-state index in [0.717, 1.165) is 16.3 Å². The predicted octanol–water partition coefficient (Wildman–Crippen LogP) is 2.19. The first-order valence-electron chi connectivity index (χ1n) is 6.55. The number of pyridine rings is 1. The molecule has 3 heterocycles. The van der Waals surface area contributed by atoms with Gasteiger partial charge in [0.05, 0.1) is 6.42 Å². The van der Waals surface area contributed by atoms with Crippen molar-refractivity contribution >= 4 is 17.2 Å². The lowest BCUT2D eigenvalue weighted by Crippen LogP contribution is -2.24. The van der Waals surface area contributed by atoms with E-state index in [-0.39, 0.29) is 5.91 Å². The van der Waals surface area contributed by atoms with Gasteiger partial charge in [-0.2, -0.15) is 5.10 Å². The van der Waals surface area contributed by atoms with E-state index < -0.39 is 0 Å². The van der Waals surface area contributed by atoms with E-state index in [9.17, 15) is 4.79 Å². The number of amides is 1. The largest absolute Gasteiger partial charge is 0.352 e. The van der Waals surface area contributed by atoms with Crippen molar-refractivity contribution in [2.24, 2.45) is 0 Å². The van der Waals surface area contributed by atoms with Gasteiger partial charge >= 0.3 is 0 Å². The number of thiophene rings is 1. The van der Waals surface area contributed by atoms with Crippen LogP contribution < -0.4 is 5.32 Å². The standard InChI is InChI=1S/C15H14N4OS/c20-15(10-13-3-1-8-21-13)17-11-12-4-6-16-14(9-12)19-7-2-5-18-19/h1-9H,10-11H2,(H,17,20). The molecule has 0 atom stereocenters. The normalized spacial score (nSPS) is 10.5. The molecule has 0 spiro atoms. The number of nitrogens with one attached hydrogen (secondary N) is 1. The van der Waals surface area contributed by atoms with E-state index >= 15 is 0 Å². The molecule has 0 unspecified atom stereocenters. The van der Waals surface area contributed by atoms with E-state index in [4.69, 9.17) is 0 Å². The zero-order chi connectivity index (χ0) is 14.5. The average molecular weight is 298 g/mol. The van der Waals surface area contributed by atoms with E-state index in [0.29, 0.717) is 13.0 Å². The van der Waals surface area contributed by atoms with Crippen LogP contribution in [0, 0.1) is 0 Å². The minimum Gasteiger partial charge on any atom is -0.352 e. The van der Waals surface area contributed by atoms with Gasteiger partial charge in [0, 0.05) is 30.0 Å². The van der Waals surface area contributed by atoms with Crippen LogP contribution in [0.25, 0.3) is 5.82 Å². The summed E-state index contributed by atoms with van der Waals surface area (Å²) in [4.78, 5) is 17.2. The summed E-state index contributed by atoms with van der Waals surface area (Å²) in [5.74, 6) is 0.764. The summed E-state index contributed by atoms with van der Waals surface area (Å²) >= 11 is 1.59. The van der Waals surface area contributed by atoms with Gasteiger partial charge < -0.3 is 5.32 Å². The van der Waals surface area contributed by atoms with Crippen LogP contribution in [0.1, 0.15) is 10.4 Å². The fourth-order valence-electron chi connectivity index (χ4n) is 1.93. The van der Waals surface area contributed by atoms with Crippen LogP contribution >= 0.6 is 11.3 Å². The van der Waals surface area contributed by atoms with Gasteiger partial charge in [-0.05, 0) is 35.2 Å². The second-order valence-electron chi connectivity index (χ2n) is 4.51. The molecule has 0 aliphatic rings. The molecule has 6 heteroatoms. The maximum absolute atomic E-state index is 11.9. The first-order valence-corrected chi connectivity index (χ1v) is 7.43. The summed E-state index contributed by atoms with van der Waals surface area (Å²) in [5.41, 5.74) is 0.995. The molecule has 0 bridgehead atoms. The highest BCUT2D eigenvalue weighted by atomic mass is 32.1. The summed E-state index contributed by atoms with van der Waals surface area (Å²) in [6.45, 7) is 0.487. The van der Waals surface area contributed by atoms with Crippen LogP contribution in [0.4, 0.5) is 0 Å². The smallest absolute Gasteiger partial charge is 0.225 e. The molecule has 1 N–H and O–H groups in total. The monoisotopic (exact) mass is 298 g/mol. The second kappa shape index (κ2) is 6.32. The zero-order valence-electron chi connectivity index (χ0n) is 11.3. The minimum absolute atomic E-state index is 0.0231. The van der Waals surface area contributed by atoms with Crippen LogP contribution in [0.15, 0.2) is 54.3 Å². The van der Waals surface area contributed by atoms with E-state index in [2.05, 4.69) is 15.4 Å². The third-order valence-corrected chi connectivity index (χ3v) is 3.83. The molecular formula is C15H14N4OS. The Morgan fingerprint density at radius 3 is 3.00 bits per heavy atom. The van der Waals surface area contributed by atoms with Gasteiger partial charge in [0.15, 0.2) is 5.82 Å². The molecule has 0 aromatic carbocycles. The molecule has 3 aromatic rings. The molecule has 106 valence electrons. The lowest BCUT2D eigenvalue weighted by Gasteiger charge is -2.06. The van der Waals surface area contributed by atoms with Crippen molar-refractivity contribution in [1.29, 1.82) is 0 Å². The Bertz CT molecular complexity index is 707. The number of hydrogen-bond donors (Lipinski definition) is 1. The Kier molecular flexibility index (Phi) is 4.07. The first kappa shape index (κ1) is 13.5. The van der Waals surface area contributed by atoms with E-state index in [1.54, 1.807) is 28.4 Å². The Hall–Kier alpha value is -2.47. The highest BCUT2D eigenvalue weighted by molar-refractivity contribution is 7.10. The van der Waals surface area contributed by atoms with Crippen LogP contribution in [-0.2, 0) is 17.8 Å². The summed E-state index contributed by atoms with van der Waals surface area (Å²) in [6, 6.07) is 9.56. The Balaban J connectivity index is 1.60. The van der Waals surface area contributed by atoms with Gasteiger partial charge in [-0.3, -0.25) is 4.79 Å². The Morgan fingerprint density at radius 2 is 2.24 bits per heavy atom. The molecule has 0 saturated carbocycles. The second-order valence-corrected chi connectivity index (χ2v) is 5.54. The third-order valence-electron chi connectivity index (χ3n) is 2.95. The highest BCUT2D eigenvalue weighted by Gasteiger charge is 2.05. The number of carbonyl (C=O) groups excluding carboxylic acids is 1. The quantitative estimate of drug-likeness (QED) is 0.785. The van der Waals surface area contributed by atoms with Crippen molar-refractivity contribution in [3.63, 3.8) is 0 Å². The Labute approximate surface area is 126 Å². The molecule has 0 aliphatic heterocycles. The van der Waals surface area contributed by atoms with Gasteiger partial charge in [0.25, 0.3) is 0 Å². The van der Waals surface area contributed by atoms with Gasteiger partial charge in [-0.1, -0.05) is 6.07 Å². The summed E-state index contributed by atoms with van der Waals surface area (Å²) < 4.78 is 1.69. The molecule has 0 fully saturated rings. The zero-order valence-corrected chi connectivity index (χ0v) is 12.1. The SMILES string of the molecule is O=C(Cc1cccs1)NCc1ccnc(-n2cccn2)c1. The van der Waals surface area contributed by atoms with Crippen molar-refractivity contribution < 1.29 is 4.79 Å².